The van der Waals surface area contributed by atoms with Gasteiger partial charge in [0.1, 0.15) is 0 Å². The van der Waals surface area contributed by atoms with E-state index in [1.807, 2.05) is 24.3 Å². The molecule has 46 heavy (non-hydrogen) atoms. The summed E-state index contributed by atoms with van der Waals surface area (Å²) in [4.78, 5) is 13.5. The van der Waals surface area contributed by atoms with Crippen LogP contribution in [0.5, 0.6) is 28.7 Å². The van der Waals surface area contributed by atoms with Crippen LogP contribution in [0, 0.1) is 11.8 Å². The Morgan fingerprint density at radius 1 is 0.913 bits per heavy atom. The van der Waals surface area contributed by atoms with Gasteiger partial charge in [0.05, 0.1) is 14.2 Å². The van der Waals surface area contributed by atoms with Crippen LogP contribution in [0.1, 0.15) is 38.6 Å². The Kier molecular flexibility index (Phi) is 7.82. The van der Waals surface area contributed by atoms with E-state index in [1.54, 1.807) is 12.1 Å². The summed E-state index contributed by atoms with van der Waals surface area (Å²) in [5, 5.41) is 33.1. The number of cyclic esters (lactones) is 1. The number of benzene rings is 2. The Labute approximate surface area is 273 Å². The molecule has 0 saturated carbocycles. The van der Waals surface area contributed by atoms with E-state index in [0.29, 0.717) is 28.2 Å². The van der Waals surface area contributed by atoms with E-state index in [4.69, 9.17) is 42.6 Å². The second-order valence-electron chi connectivity index (χ2n) is 11.8. The van der Waals surface area contributed by atoms with Crippen LogP contribution in [0.15, 0.2) is 40.5 Å². The fourth-order valence-electron chi connectivity index (χ4n) is 7.18. The van der Waals surface area contributed by atoms with Crippen LogP contribution in [0.3, 0.4) is 0 Å². The van der Waals surface area contributed by atoms with Crippen molar-refractivity contribution >= 4 is 26.4 Å². The van der Waals surface area contributed by atoms with Gasteiger partial charge in [-0.15, -0.1) is 0 Å². The van der Waals surface area contributed by atoms with E-state index in [2.05, 4.69) is 4.08 Å². The van der Waals surface area contributed by atoms with Crippen LogP contribution in [0.4, 0.5) is 0 Å². The van der Waals surface area contributed by atoms with Crippen molar-refractivity contribution in [2.24, 2.45) is 11.8 Å². The maximum absolute atomic E-state index is 13.5. The number of hydrogen-bond donors (Lipinski definition) is 3. The molecule has 10 atom stereocenters. The molecule has 244 valence electrons. The number of carbonyl (C=O) groups excluding carboxylic acids is 1. The van der Waals surface area contributed by atoms with Gasteiger partial charge in [0.25, 0.3) is 0 Å². The Hall–Kier alpha value is -3.06. The summed E-state index contributed by atoms with van der Waals surface area (Å²) in [6.45, 7) is 0.215. The summed E-state index contributed by atoms with van der Waals surface area (Å²) in [5.41, 5.74) is 2.02. The van der Waals surface area contributed by atoms with Crippen LogP contribution in [-0.2, 0) is 28.5 Å². The summed E-state index contributed by atoms with van der Waals surface area (Å²) < 4.78 is 55.9. The summed E-state index contributed by atoms with van der Waals surface area (Å²) >= 11 is -0.540. The van der Waals surface area contributed by atoms with Gasteiger partial charge in [0, 0.05) is 0 Å². The molecule has 8 rings (SSSR count). The summed E-state index contributed by atoms with van der Waals surface area (Å²) in [7, 11) is 2.87. The average Bonchev–Trinajstić information content (AvgIpc) is 3.85. The standard InChI is InChI=1S/C32H32O13Te/c1-37-19-6-13(7-20(38-2)25(19)33)23-14-8-17-18(42-12-41-17)9-15(14)28(16-10-39-30(36)24(16)23)44-32-27(35)26(34)29-21(43-32)11-40-31(45-29)22-4-3-5-46-22/h3-9,16,21,23-24,26-29,31-35H,10-12H2,1-2H3/t16-,21?,23+,24?,26?,27?,28+,29?,31?,32?/m0/s1. The number of rotatable bonds is 6. The van der Waals surface area contributed by atoms with Gasteiger partial charge in [-0.3, -0.25) is 4.79 Å². The number of phenolic OH excluding ortho intramolecular Hbond substituents is 1. The van der Waals surface area contributed by atoms with Crippen LogP contribution in [0.2, 0.25) is 0 Å². The molecule has 0 amide bonds. The average molecular weight is 752 g/mol. The minimum absolute atomic E-state index is 0.0279. The zero-order valence-electron chi connectivity index (χ0n) is 24.8. The first-order chi connectivity index (χ1) is 22.4. The third-order valence-electron chi connectivity index (χ3n) is 9.37. The molecule has 1 aliphatic carbocycles. The van der Waals surface area contributed by atoms with Crippen molar-refractivity contribution in [1.82, 2.24) is 0 Å². The number of phenols is 1. The van der Waals surface area contributed by atoms with E-state index in [0.717, 1.165) is 3.58 Å². The second-order valence-corrected chi connectivity index (χ2v) is 14.6. The zero-order valence-corrected chi connectivity index (χ0v) is 27.1. The van der Waals surface area contributed by atoms with Crippen molar-refractivity contribution in [3.05, 3.63) is 60.8 Å². The molecule has 13 nitrogen and oxygen atoms in total. The minimum atomic E-state index is -1.45. The largest absolute Gasteiger partial charge is 0.502 e. The van der Waals surface area contributed by atoms with Gasteiger partial charge in [-0.2, -0.15) is 0 Å². The molecule has 0 radical (unpaired) electrons. The Morgan fingerprint density at radius 2 is 1.65 bits per heavy atom. The molecule has 3 saturated heterocycles. The van der Waals surface area contributed by atoms with Crippen LogP contribution >= 0.6 is 0 Å². The number of esters is 1. The molecular weight excluding hydrogens is 720 g/mol. The molecule has 4 aliphatic heterocycles. The van der Waals surface area contributed by atoms with Gasteiger partial charge in [0.2, 0.25) is 12.5 Å². The first-order valence-corrected chi connectivity index (χ1v) is 17.4. The van der Waals surface area contributed by atoms with Crippen LogP contribution in [0.25, 0.3) is 0 Å². The van der Waals surface area contributed by atoms with Crippen molar-refractivity contribution in [3.63, 3.8) is 0 Å². The predicted molar refractivity (Wildman–Crippen MR) is 155 cm³/mol. The van der Waals surface area contributed by atoms with E-state index < -0.39 is 87.3 Å². The van der Waals surface area contributed by atoms with E-state index in [9.17, 15) is 20.1 Å². The first-order valence-electron chi connectivity index (χ1n) is 14.9. The molecule has 1 aromatic heterocycles. The normalized spacial score (nSPS) is 34.3. The number of aliphatic hydroxyl groups is 2. The summed E-state index contributed by atoms with van der Waals surface area (Å²) in [6.07, 6.45) is -6.95. The number of fused-ring (bicyclic) bond motifs is 4. The monoisotopic (exact) mass is 754 g/mol. The molecule has 3 fully saturated rings. The SMILES string of the molecule is COc1cc([C@@H]2c3cc4c(cc3[C@@H](OC3OC5COC(c6ccc[te]6)OC5C(O)C3O)[C@H]3COC(=O)C23)OCO4)cc(OC)c1O. The number of methoxy groups -OCH3 is 2. The Bertz CT molecular complexity index is 1600. The van der Waals surface area contributed by atoms with E-state index >= 15 is 0 Å². The van der Waals surface area contributed by atoms with Crippen molar-refractivity contribution < 1.29 is 62.7 Å². The van der Waals surface area contributed by atoms with Gasteiger partial charge >= 0.3 is 183 Å². The molecule has 5 heterocycles. The fraction of sp³-hybridized carbons (Fsp3) is 0.469. The topological polar surface area (TPSA) is 161 Å². The molecule has 5 aliphatic rings. The van der Waals surface area contributed by atoms with Gasteiger partial charge in [-0.25, -0.2) is 0 Å². The molecule has 0 bridgehead atoms. The Morgan fingerprint density at radius 3 is 2.35 bits per heavy atom. The smallest absolute Gasteiger partial charge is 0.231 e. The van der Waals surface area contributed by atoms with Crippen LogP contribution < -0.4 is 18.9 Å². The number of ether oxygens (including phenoxy) is 9. The third kappa shape index (κ3) is 4.86. The van der Waals surface area contributed by atoms with Gasteiger partial charge in [-0.05, 0) is 17.7 Å². The zero-order chi connectivity index (χ0) is 31.7. The molecule has 3 N–H and O–H groups in total. The van der Waals surface area contributed by atoms with Gasteiger partial charge < -0.3 is 24.1 Å². The van der Waals surface area contributed by atoms with Crippen molar-refractivity contribution in [2.75, 3.05) is 34.2 Å². The molecule has 0 spiro atoms. The summed E-state index contributed by atoms with van der Waals surface area (Å²) in [6, 6.07) is 10.9. The number of aliphatic hydroxyl groups excluding tert-OH is 2. The quantitative estimate of drug-likeness (QED) is 0.247. The molecular formula is C32H32O13Te. The molecule has 7 unspecified atom stereocenters. The van der Waals surface area contributed by atoms with Crippen molar-refractivity contribution in [1.29, 1.82) is 0 Å². The van der Waals surface area contributed by atoms with E-state index in [1.165, 1.54) is 14.2 Å². The van der Waals surface area contributed by atoms with E-state index in [-0.39, 0.29) is 37.3 Å². The number of hydrogen-bond acceptors (Lipinski definition) is 13. The minimum Gasteiger partial charge on any atom is -0.502 e. The maximum Gasteiger partial charge on any atom is 0.231 e. The molecule has 2 aromatic carbocycles. The fourth-order valence-corrected chi connectivity index (χ4v) is 9.20. The second kappa shape index (κ2) is 11.9. The van der Waals surface area contributed by atoms with Crippen molar-refractivity contribution in [2.45, 2.75) is 49.0 Å². The first kappa shape index (κ1) is 30.3. The number of aromatic hydroxyl groups is 1. The Balaban J connectivity index is 1.16. The predicted octanol–water partition coefficient (Wildman–Crippen LogP) is 1.75. The maximum atomic E-state index is 13.5. The third-order valence-corrected chi connectivity index (χ3v) is 11.9. The van der Waals surface area contributed by atoms with Crippen LogP contribution in [-0.4, -0.2) is 107 Å². The molecule has 3 aromatic rings. The van der Waals surface area contributed by atoms with Gasteiger partial charge in [0.15, 0.2) is 17.2 Å². The molecule has 14 heteroatoms. The number of carbonyl (C=O) groups is 1. The summed E-state index contributed by atoms with van der Waals surface area (Å²) in [5.74, 6) is -1.04. The van der Waals surface area contributed by atoms with Crippen molar-refractivity contribution in [3.8, 4) is 28.7 Å². The van der Waals surface area contributed by atoms with Gasteiger partial charge in [-0.1, -0.05) is 0 Å².